The van der Waals surface area contributed by atoms with E-state index in [9.17, 15) is 4.79 Å². The van der Waals surface area contributed by atoms with E-state index in [-0.39, 0.29) is 5.69 Å². The number of benzene rings is 1. The van der Waals surface area contributed by atoms with Crippen LogP contribution in [-0.4, -0.2) is 25.6 Å². The molecule has 0 saturated heterocycles. The molecule has 2 heterocycles. The second kappa shape index (κ2) is 6.20. The van der Waals surface area contributed by atoms with Gasteiger partial charge >= 0.3 is 5.97 Å². The molecule has 3 aromatic rings. The Morgan fingerprint density at radius 1 is 1.28 bits per heavy atom. The van der Waals surface area contributed by atoms with Gasteiger partial charge in [-0.05, 0) is 42.7 Å². The summed E-state index contributed by atoms with van der Waals surface area (Å²) in [5, 5.41) is 12.2. The minimum atomic E-state index is -1.03. The molecule has 0 spiro atoms. The summed E-state index contributed by atoms with van der Waals surface area (Å²) in [6, 6.07) is 11.9. The molecule has 6 heteroatoms. The van der Waals surface area contributed by atoms with E-state index in [1.54, 1.807) is 12.1 Å². The van der Waals surface area contributed by atoms with Crippen molar-refractivity contribution >= 4 is 22.8 Å². The van der Waals surface area contributed by atoms with Gasteiger partial charge in [0.05, 0.1) is 11.0 Å². The van der Waals surface area contributed by atoms with Crippen molar-refractivity contribution in [2.75, 3.05) is 5.32 Å². The van der Waals surface area contributed by atoms with Gasteiger partial charge in [-0.1, -0.05) is 19.1 Å². The van der Waals surface area contributed by atoms with Crippen molar-refractivity contribution in [1.82, 2.24) is 14.5 Å². The number of carboxylic acid groups (broad SMARTS) is 1. The van der Waals surface area contributed by atoms with Gasteiger partial charge in [0.1, 0.15) is 11.6 Å². The summed E-state index contributed by atoms with van der Waals surface area (Å²) in [4.78, 5) is 19.9. The largest absolute Gasteiger partial charge is 0.477 e. The van der Waals surface area contributed by atoms with Crippen molar-refractivity contribution in [2.24, 2.45) is 0 Å². The molecular formula is C19H20N4O2. The molecular weight excluding hydrogens is 316 g/mol. The van der Waals surface area contributed by atoms with Gasteiger partial charge < -0.3 is 15.0 Å². The average Bonchev–Trinajstić information content (AvgIpc) is 3.40. The van der Waals surface area contributed by atoms with Crippen LogP contribution in [0.1, 0.15) is 47.7 Å². The van der Waals surface area contributed by atoms with Crippen LogP contribution in [0.3, 0.4) is 0 Å². The summed E-state index contributed by atoms with van der Waals surface area (Å²) in [5.41, 5.74) is 3.36. The molecule has 2 aromatic heterocycles. The molecule has 1 saturated carbocycles. The molecule has 25 heavy (non-hydrogen) atoms. The van der Waals surface area contributed by atoms with Crippen molar-refractivity contribution in [2.45, 2.75) is 38.8 Å². The Labute approximate surface area is 145 Å². The highest BCUT2D eigenvalue weighted by atomic mass is 16.4. The minimum Gasteiger partial charge on any atom is -0.477 e. The molecule has 6 nitrogen and oxygen atoms in total. The maximum Gasteiger partial charge on any atom is 0.354 e. The first-order valence-electron chi connectivity index (χ1n) is 8.59. The molecule has 1 aromatic carbocycles. The lowest BCUT2D eigenvalue weighted by atomic mass is 10.2. The van der Waals surface area contributed by atoms with Crippen LogP contribution >= 0.6 is 0 Å². The summed E-state index contributed by atoms with van der Waals surface area (Å²) in [5.74, 6) is 0.680. The van der Waals surface area contributed by atoms with E-state index < -0.39 is 5.97 Å². The van der Waals surface area contributed by atoms with Gasteiger partial charge in [0, 0.05) is 19.0 Å². The minimum absolute atomic E-state index is 0.0382. The third-order valence-corrected chi connectivity index (χ3v) is 4.50. The SMILES string of the molecule is CCc1nc2cc(CNc3cccc(C(=O)O)n3)ccc2n1C1CC1. The third-order valence-electron chi connectivity index (χ3n) is 4.50. The lowest BCUT2D eigenvalue weighted by Crippen LogP contribution is -2.05. The number of aromatic nitrogens is 3. The Hall–Kier alpha value is -2.89. The number of imidazole rings is 1. The molecule has 0 unspecified atom stereocenters. The van der Waals surface area contributed by atoms with Crippen molar-refractivity contribution in [1.29, 1.82) is 0 Å². The number of nitrogens with zero attached hydrogens (tertiary/aromatic N) is 3. The quantitative estimate of drug-likeness (QED) is 0.718. The van der Waals surface area contributed by atoms with E-state index in [1.165, 1.54) is 24.4 Å². The molecule has 1 fully saturated rings. The van der Waals surface area contributed by atoms with Crippen LogP contribution in [-0.2, 0) is 13.0 Å². The van der Waals surface area contributed by atoms with Gasteiger partial charge in [-0.25, -0.2) is 14.8 Å². The molecule has 4 rings (SSSR count). The van der Waals surface area contributed by atoms with Crippen molar-refractivity contribution in [3.63, 3.8) is 0 Å². The number of nitrogens with one attached hydrogen (secondary N) is 1. The highest BCUT2D eigenvalue weighted by Crippen LogP contribution is 2.38. The summed E-state index contributed by atoms with van der Waals surface area (Å²) in [6.45, 7) is 2.72. The van der Waals surface area contributed by atoms with Gasteiger partial charge in [0.15, 0.2) is 5.69 Å². The predicted octanol–water partition coefficient (Wildman–Crippen LogP) is 3.64. The number of anilines is 1. The number of aromatic carboxylic acids is 1. The second-order valence-electron chi connectivity index (χ2n) is 6.37. The van der Waals surface area contributed by atoms with E-state index in [0.717, 1.165) is 23.3 Å². The lowest BCUT2D eigenvalue weighted by Gasteiger charge is -2.08. The summed E-state index contributed by atoms with van der Waals surface area (Å²) in [7, 11) is 0. The molecule has 1 aliphatic carbocycles. The van der Waals surface area contributed by atoms with E-state index in [2.05, 4.69) is 40.0 Å². The lowest BCUT2D eigenvalue weighted by molar-refractivity contribution is 0.0690. The number of fused-ring (bicyclic) bond motifs is 1. The molecule has 128 valence electrons. The Morgan fingerprint density at radius 3 is 2.84 bits per heavy atom. The van der Waals surface area contributed by atoms with Crippen molar-refractivity contribution in [3.05, 3.63) is 53.5 Å². The molecule has 0 bridgehead atoms. The van der Waals surface area contributed by atoms with Crippen LogP contribution in [0.4, 0.5) is 5.82 Å². The van der Waals surface area contributed by atoms with Crippen molar-refractivity contribution < 1.29 is 9.90 Å². The Balaban J connectivity index is 1.56. The first-order chi connectivity index (χ1) is 12.2. The van der Waals surface area contributed by atoms with E-state index in [0.29, 0.717) is 18.4 Å². The fourth-order valence-corrected chi connectivity index (χ4v) is 3.14. The van der Waals surface area contributed by atoms with Crippen LogP contribution in [0.2, 0.25) is 0 Å². The zero-order valence-electron chi connectivity index (χ0n) is 14.1. The van der Waals surface area contributed by atoms with Gasteiger partial charge in [0.25, 0.3) is 0 Å². The maximum atomic E-state index is 11.0. The van der Waals surface area contributed by atoms with E-state index >= 15 is 0 Å². The molecule has 0 radical (unpaired) electrons. The van der Waals surface area contributed by atoms with E-state index in [4.69, 9.17) is 10.1 Å². The van der Waals surface area contributed by atoms with Crippen LogP contribution < -0.4 is 5.32 Å². The standard InChI is InChI=1S/C19H20N4O2/c1-2-18-22-15-10-12(6-9-16(15)23(18)13-7-8-13)11-20-17-5-3-4-14(21-17)19(24)25/h3-6,9-10,13H,2,7-8,11H2,1H3,(H,20,21)(H,24,25). The zero-order valence-corrected chi connectivity index (χ0v) is 14.1. The molecule has 0 amide bonds. The molecule has 0 atom stereocenters. The predicted molar refractivity (Wildman–Crippen MR) is 95.9 cm³/mol. The van der Waals surface area contributed by atoms with Crippen LogP contribution in [0.15, 0.2) is 36.4 Å². The number of carbonyl (C=O) groups is 1. The molecule has 0 aliphatic heterocycles. The van der Waals surface area contributed by atoms with Crippen molar-refractivity contribution in [3.8, 4) is 0 Å². The smallest absolute Gasteiger partial charge is 0.354 e. The molecule has 2 N–H and O–H groups in total. The van der Waals surface area contributed by atoms with Crippen LogP contribution in [0.5, 0.6) is 0 Å². The van der Waals surface area contributed by atoms with Gasteiger partial charge in [-0.15, -0.1) is 0 Å². The maximum absolute atomic E-state index is 11.0. The van der Waals surface area contributed by atoms with Gasteiger partial charge in [-0.3, -0.25) is 0 Å². The number of aryl methyl sites for hydroxylation is 1. The fourth-order valence-electron chi connectivity index (χ4n) is 3.14. The number of rotatable bonds is 6. The van der Waals surface area contributed by atoms with Crippen LogP contribution in [0.25, 0.3) is 11.0 Å². The molecule has 1 aliphatic rings. The summed E-state index contributed by atoms with van der Waals surface area (Å²) in [6.07, 6.45) is 3.42. The highest BCUT2D eigenvalue weighted by Gasteiger charge is 2.27. The van der Waals surface area contributed by atoms with Gasteiger partial charge in [-0.2, -0.15) is 0 Å². The Kier molecular flexibility index (Phi) is 3.87. The Bertz CT molecular complexity index is 944. The third kappa shape index (κ3) is 3.07. The first-order valence-corrected chi connectivity index (χ1v) is 8.59. The number of pyridine rings is 1. The highest BCUT2D eigenvalue weighted by molar-refractivity contribution is 5.85. The summed E-state index contributed by atoms with van der Waals surface area (Å²) < 4.78 is 2.38. The topological polar surface area (TPSA) is 80.0 Å². The van der Waals surface area contributed by atoms with Crippen LogP contribution in [0, 0.1) is 0 Å². The summed E-state index contributed by atoms with van der Waals surface area (Å²) >= 11 is 0. The monoisotopic (exact) mass is 336 g/mol. The van der Waals surface area contributed by atoms with E-state index in [1.807, 2.05) is 0 Å². The second-order valence-corrected chi connectivity index (χ2v) is 6.37. The zero-order chi connectivity index (χ0) is 17.4. The number of carboxylic acids is 1. The fraction of sp³-hybridized carbons (Fsp3) is 0.316. The first kappa shape index (κ1) is 15.6. The number of hydrogen-bond acceptors (Lipinski definition) is 4. The average molecular weight is 336 g/mol. The van der Waals surface area contributed by atoms with Gasteiger partial charge in [0.2, 0.25) is 0 Å². The normalized spacial score (nSPS) is 14.0. The Morgan fingerprint density at radius 2 is 2.12 bits per heavy atom. The number of hydrogen-bond donors (Lipinski definition) is 2.